The van der Waals surface area contributed by atoms with Gasteiger partial charge < -0.3 is 9.47 Å². The maximum Gasteiger partial charge on any atom is 0.215 e. The smallest absolute Gasteiger partial charge is 0.215 e. The molecule has 4 aromatic rings. The van der Waals surface area contributed by atoms with Crippen LogP contribution < -0.4 is 14.3 Å². The van der Waals surface area contributed by atoms with E-state index in [1.807, 2.05) is 61.5 Å². The van der Waals surface area contributed by atoms with Crippen molar-refractivity contribution in [3.05, 3.63) is 94.6 Å². The normalized spacial score (nSPS) is 12.1. The molecule has 0 unspecified atom stereocenters. The van der Waals surface area contributed by atoms with E-state index in [1.54, 1.807) is 25.6 Å². The Morgan fingerprint density at radius 1 is 0.806 bits per heavy atom. The number of ether oxygens (including phenoxy) is 2. The summed E-state index contributed by atoms with van der Waals surface area (Å²) in [4.78, 5) is 0.796. The van der Waals surface area contributed by atoms with Crippen LogP contribution in [0.4, 0.5) is 0 Å². The largest absolute Gasteiger partial charge is 0.497 e. The fourth-order valence-electron chi connectivity index (χ4n) is 3.18. The molecular weight excluding hydrogens is 406 g/mol. The van der Waals surface area contributed by atoms with Crippen molar-refractivity contribution in [2.75, 3.05) is 14.2 Å². The van der Waals surface area contributed by atoms with Gasteiger partial charge in [-0.25, -0.2) is 0 Å². The highest BCUT2D eigenvalue weighted by Crippen LogP contribution is 2.25. The van der Waals surface area contributed by atoms with Gasteiger partial charge >= 0.3 is 0 Å². The lowest BCUT2D eigenvalue weighted by molar-refractivity contribution is 0.414. The van der Waals surface area contributed by atoms with Crippen molar-refractivity contribution >= 4 is 17.0 Å². The van der Waals surface area contributed by atoms with E-state index in [0.717, 1.165) is 44.5 Å². The number of aromatic nitrogens is 1. The average molecular weight is 430 g/mol. The van der Waals surface area contributed by atoms with Gasteiger partial charge in [-0.2, -0.15) is 5.10 Å². The zero-order valence-electron chi connectivity index (χ0n) is 17.6. The standard InChI is InChI=1S/C25H23N3O2S/c1-18(19-9-13-22(29-2)14-10-19)26-27-25-28(21-7-5-4-6-8-21)24(17-31-25)20-11-15-23(30-3)16-12-20/h4-17H,1-3H3/b26-18-,27-25+. The summed E-state index contributed by atoms with van der Waals surface area (Å²) >= 11 is 1.56. The van der Waals surface area contributed by atoms with E-state index in [4.69, 9.17) is 9.47 Å². The van der Waals surface area contributed by atoms with Crippen molar-refractivity contribution in [3.63, 3.8) is 0 Å². The molecule has 31 heavy (non-hydrogen) atoms. The molecule has 0 saturated carbocycles. The minimum atomic E-state index is 0.796. The lowest BCUT2D eigenvalue weighted by Crippen LogP contribution is -2.13. The van der Waals surface area contributed by atoms with Gasteiger partial charge in [0.05, 0.1) is 25.6 Å². The number of hydrogen-bond donors (Lipinski definition) is 0. The average Bonchev–Trinajstić information content (AvgIpc) is 3.27. The molecule has 0 spiro atoms. The Hall–Kier alpha value is -3.64. The van der Waals surface area contributed by atoms with Crippen molar-refractivity contribution < 1.29 is 9.47 Å². The first-order valence-electron chi connectivity index (χ1n) is 9.82. The number of rotatable bonds is 6. The Morgan fingerprint density at radius 3 is 2.03 bits per heavy atom. The number of hydrogen-bond acceptors (Lipinski definition) is 5. The van der Waals surface area contributed by atoms with Crippen LogP contribution in [0, 0.1) is 0 Å². The summed E-state index contributed by atoms with van der Waals surface area (Å²) in [6.45, 7) is 1.95. The summed E-state index contributed by atoms with van der Waals surface area (Å²) in [7, 11) is 3.33. The first kappa shape index (κ1) is 20.6. The Bertz CT molecular complexity index is 1240. The van der Waals surface area contributed by atoms with Crippen LogP contribution in [0.5, 0.6) is 11.5 Å². The van der Waals surface area contributed by atoms with Crippen LogP contribution >= 0.6 is 11.3 Å². The number of methoxy groups -OCH3 is 2. The van der Waals surface area contributed by atoms with E-state index < -0.39 is 0 Å². The van der Waals surface area contributed by atoms with E-state index >= 15 is 0 Å². The lowest BCUT2D eigenvalue weighted by Gasteiger charge is -2.09. The van der Waals surface area contributed by atoms with Crippen LogP contribution in [-0.4, -0.2) is 24.5 Å². The molecule has 1 aromatic heterocycles. The zero-order chi connectivity index (χ0) is 21.6. The van der Waals surface area contributed by atoms with Crippen LogP contribution in [0.1, 0.15) is 12.5 Å². The van der Waals surface area contributed by atoms with Crippen LogP contribution in [-0.2, 0) is 0 Å². The maximum absolute atomic E-state index is 5.30. The topological polar surface area (TPSA) is 48.1 Å². The minimum absolute atomic E-state index is 0.796. The van der Waals surface area contributed by atoms with Crippen LogP contribution in [0.25, 0.3) is 16.9 Å². The molecule has 0 aliphatic carbocycles. The zero-order valence-corrected chi connectivity index (χ0v) is 18.5. The monoisotopic (exact) mass is 429 g/mol. The first-order valence-corrected chi connectivity index (χ1v) is 10.7. The third kappa shape index (κ3) is 4.59. The summed E-state index contributed by atoms with van der Waals surface area (Å²) in [5.41, 5.74) is 5.00. The molecule has 0 aliphatic rings. The fraction of sp³-hybridized carbons (Fsp3) is 0.120. The number of benzene rings is 3. The van der Waals surface area contributed by atoms with Crippen molar-refractivity contribution in [1.82, 2.24) is 4.57 Å². The maximum atomic E-state index is 5.30. The minimum Gasteiger partial charge on any atom is -0.497 e. The second-order valence-corrected chi connectivity index (χ2v) is 7.65. The molecule has 1 heterocycles. The van der Waals surface area contributed by atoms with E-state index in [1.165, 1.54) is 0 Å². The van der Waals surface area contributed by atoms with Crippen molar-refractivity contribution in [2.24, 2.45) is 10.2 Å². The molecule has 156 valence electrons. The van der Waals surface area contributed by atoms with Gasteiger partial charge in [0.2, 0.25) is 4.80 Å². The van der Waals surface area contributed by atoms with Gasteiger partial charge in [0, 0.05) is 11.1 Å². The third-order valence-electron chi connectivity index (χ3n) is 4.90. The molecule has 0 radical (unpaired) electrons. The van der Waals surface area contributed by atoms with Gasteiger partial charge in [0.1, 0.15) is 11.5 Å². The molecule has 0 atom stereocenters. The highest BCUT2D eigenvalue weighted by molar-refractivity contribution is 7.07. The quantitative estimate of drug-likeness (QED) is 0.298. The summed E-state index contributed by atoms with van der Waals surface area (Å²) in [5, 5.41) is 11.2. The lowest BCUT2D eigenvalue weighted by atomic mass is 10.1. The van der Waals surface area contributed by atoms with Crippen molar-refractivity contribution in [3.8, 4) is 28.4 Å². The van der Waals surface area contributed by atoms with Crippen LogP contribution in [0.15, 0.2) is 94.4 Å². The summed E-state index contributed by atoms with van der Waals surface area (Å²) in [5.74, 6) is 1.65. The predicted octanol–water partition coefficient (Wildman–Crippen LogP) is 5.55. The molecule has 4 rings (SSSR count). The van der Waals surface area contributed by atoms with Gasteiger partial charge in [0.25, 0.3) is 0 Å². The van der Waals surface area contributed by atoms with Gasteiger partial charge in [-0.3, -0.25) is 4.57 Å². The highest BCUT2D eigenvalue weighted by atomic mass is 32.1. The SMILES string of the molecule is COc1ccc(/C(C)=N\N=c2\scc(-c3ccc(OC)cc3)n2-c2ccccc2)cc1. The Labute approximate surface area is 185 Å². The first-order chi connectivity index (χ1) is 15.2. The molecule has 0 bridgehead atoms. The number of nitrogens with zero attached hydrogens (tertiary/aromatic N) is 3. The molecule has 0 aliphatic heterocycles. The molecule has 6 heteroatoms. The van der Waals surface area contributed by atoms with Crippen molar-refractivity contribution in [2.45, 2.75) is 6.92 Å². The second kappa shape index (κ2) is 9.45. The molecule has 3 aromatic carbocycles. The molecule has 0 fully saturated rings. The van der Waals surface area contributed by atoms with Crippen molar-refractivity contribution in [1.29, 1.82) is 0 Å². The third-order valence-corrected chi connectivity index (χ3v) is 5.72. The van der Waals surface area contributed by atoms with E-state index in [0.29, 0.717) is 0 Å². The number of thiazole rings is 1. The van der Waals surface area contributed by atoms with Gasteiger partial charge in [0.15, 0.2) is 0 Å². The van der Waals surface area contributed by atoms with Gasteiger partial charge in [-0.1, -0.05) is 18.2 Å². The Morgan fingerprint density at radius 2 is 1.42 bits per heavy atom. The highest BCUT2D eigenvalue weighted by Gasteiger charge is 2.10. The van der Waals surface area contributed by atoms with Crippen LogP contribution in [0.3, 0.4) is 0 Å². The van der Waals surface area contributed by atoms with Gasteiger partial charge in [-0.15, -0.1) is 16.4 Å². The van der Waals surface area contributed by atoms with E-state index in [2.05, 4.69) is 44.4 Å². The Balaban J connectivity index is 1.79. The predicted molar refractivity (Wildman–Crippen MR) is 126 cm³/mol. The molecule has 5 nitrogen and oxygen atoms in total. The second-order valence-electron chi connectivity index (χ2n) is 6.82. The fourth-order valence-corrected chi connectivity index (χ4v) is 4.03. The molecular formula is C25H23N3O2S. The molecule has 0 saturated heterocycles. The van der Waals surface area contributed by atoms with E-state index in [-0.39, 0.29) is 0 Å². The van der Waals surface area contributed by atoms with Crippen LogP contribution in [0.2, 0.25) is 0 Å². The summed E-state index contributed by atoms with van der Waals surface area (Å²) < 4.78 is 12.7. The molecule has 0 amide bonds. The van der Waals surface area contributed by atoms with Gasteiger partial charge in [-0.05, 0) is 78.7 Å². The number of para-hydroxylation sites is 1. The summed E-state index contributed by atoms with van der Waals surface area (Å²) in [6, 6.07) is 26.0. The molecule has 0 N–H and O–H groups in total. The van der Waals surface area contributed by atoms with E-state index in [9.17, 15) is 0 Å². The Kier molecular flexibility index (Phi) is 6.29. The summed E-state index contributed by atoms with van der Waals surface area (Å²) in [6.07, 6.45) is 0.